The normalized spacial score (nSPS) is 24.6. The van der Waals surface area contributed by atoms with Gasteiger partial charge >= 0.3 is 12.3 Å². The summed E-state index contributed by atoms with van der Waals surface area (Å²) >= 11 is 0. The first-order valence-electron chi connectivity index (χ1n) is 6.76. The van der Waals surface area contributed by atoms with Crippen molar-refractivity contribution in [3.8, 4) is 0 Å². The highest BCUT2D eigenvalue weighted by molar-refractivity contribution is 5.68. The van der Waals surface area contributed by atoms with Gasteiger partial charge in [-0.3, -0.25) is 0 Å². The summed E-state index contributed by atoms with van der Waals surface area (Å²) in [4.78, 5) is 13.4. The maximum atomic E-state index is 12.5. The number of halogens is 3. The van der Waals surface area contributed by atoms with Crippen LogP contribution in [-0.2, 0) is 4.74 Å². The molecule has 1 fully saturated rings. The van der Waals surface area contributed by atoms with Crippen LogP contribution in [-0.4, -0.2) is 42.4 Å². The van der Waals surface area contributed by atoms with Gasteiger partial charge in [-0.1, -0.05) is 0 Å². The van der Waals surface area contributed by atoms with Crippen molar-refractivity contribution in [2.24, 2.45) is 17.6 Å². The van der Waals surface area contributed by atoms with Gasteiger partial charge in [-0.25, -0.2) is 4.79 Å². The van der Waals surface area contributed by atoms with E-state index >= 15 is 0 Å². The molecule has 1 rings (SSSR count). The van der Waals surface area contributed by atoms with Crippen LogP contribution in [0, 0.1) is 11.8 Å². The molecule has 1 aliphatic heterocycles. The number of likely N-dealkylation sites (tertiary alicyclic amines) is 1. The zero-order chi connectivity index (χ0) is 15.6. The molecule has 7 heteroatoms. The van der Waals surface area contributed by atoms with Crippen LogP contribution in [0.1, 0.15) is 33.6 Å². The third-order valence-corrected chi connectivity index (χ3v) is 3.34. The number of alkyl halides is 3. The Morgan fingerprint density at radius 2 is 1.90 bits per heavy atom. The van der Waals surface area contributed by atoms with E-state index in [4.69, 9.17) is 10.5 Å². The number of nitrogens with zero attached hydrogens (tertiary/aromatic N) is 1. The third-order valence-electron chi connectivity index (χ3n) is 3.34. The number of hydrogen-bond donors (Lipinski definition) is 1. The van der Waals surface area contributed by atoms with Crippen LogP contribution >= 0.6 is 0 Å². The first-order valence-corrected chi connectivity index (χ1v) is 6.76. The van der Waals surface area contributed by atoms with Gasteiger partial charge in [0.25, 0.3) is 0 Å². The van der Waals surface area contributed by atoms with Gasteiger partial charge in [0.05, 0.1) is 0 Å². The molecule has 20 heavy (non-hydrogen) atoms. The molecule has 0 aromatic carbocycles. The van der Waals surface area contributed by atoms with Crippen LogP contribution in [0.3, 0.4) is 0 Å². The molecule has 4 nitrogen and oxygen atoms in total. The molecule has 0 radical (unpaired) electrons. The predicted octanol–water partition coefficient (Wildman–Crippen LogP) is 2.77. The maximum absolute atomic E-state index is 12.5. The number of hydrogen-bond acceptors (Lipinski definition) is 3. The van der Waals surface area contributed by atoms with Gasteiger partial charge in [-0.2, -0.15) is 13.2 Å². The van der Waals surface area contributed by atoms with Gasteiger partial charge in [-0.05, 0) is 45.6 Å². The lowest BCUT2D eigenvalue weighted by atomic mass is 9.83. The second-order valence-corrected chi connectivity index (χ2v) is 6.29. The topological polar surface area (TPSA) is 55.6 Å². The fourth-order valence-corrected chi connectivity index (χ4v) is 2.41. The van der Waals surface area contributed by atoms with Crippen molar-refractivity contribution in [2.75, 3.05) is 19.6 Å². The molecular weight excluding hydrogens is 273 g/mol. The molecule has 1 aliphatic rings. The number of nitrogens with two attached hydrogens (primary N) is 1. The zero-order valence-corrected chi connectivity index (χ0v) is 12.2. The summed E-state index contributed by atoms with van der Waals surface area (Å²) in [6.07, 6.45) is -5.20. The molecule has 0 aliphatic carbocycles. The van der Waals surface area contributed by atoms with Crippen LogP contribution < -0.4 is 5.73 Å². The molecule has 118 valence electrons. The van der Waals surface area contributed by atoms with Crippen LogP contribution in [0.4, 0.5) is 18.0 Å². The van der Waals surface area contributed by atoms with E-state index in [1.54, 1.807) is 20.8 Å². The third kappa shape index (κ3) is 5.56. The minimum absolute atomic E-state index is 0.139. The smallest absolute Gasteiger partial charge is 0.410 e. The molecule has 0 spiro atoms. The number of ether oxygens (including phenoxy) is 1. The van der Waals surface area contributed by atoms with Crippen molar-refractivity contribution in [3.05, 3.63) is 0 Å². The van der Waals surface area contributed by atoms with Crippen molar-refractivity contribution < 1.29 is 22.7 Å². The van der Waals surface area contributed by atoms with Crippen molar-refractivity contribution >= 4 is 6.09 Å². The van der Waals surface area contributed by atoms with Gasteiger partial charge in [0, 0.05) is 19.5 Å². The molecule has 0 bridgehead atoms. The average molecular weight is 296 g/mol. The Labute approximate surface area is 117 Å². The van der Waals surface area contributed by atoms with E-state index in [-0.39, 0.29) is 25.6 Å². The van der Waals surface area contributed by atoms with E-state index in [0.717, 1.165) is 0 Å². The Hall–Kier alpha value is -0.980. The lowest BCUT2D eigenvalue weighted by Gasteiger charge is -2.38. The highest BCUT2D eigenvalue weighted by Crippen LogP contribution is 2.34. The number of carbonyl (C=O) groups excluding carboxylic acids is 1. The summed E-state index contributed by atoms with van der Waals surface area (Å²) in [5.74, 6) is -0.850. The highest BCUT2D eigenvalue weighted by Gasteiger charge is 2.39. The molecule has 0 aromatic rings. The second kappa shape index (κ2) is 6.20. The Kier molecular flexibility index (Phi) is 5.29. The molecule has 2 N–H and O–H groups in total. The molecule has 1 amide bonds. The molecule has 1 heterocycles. The number of carbonyl (C=O) groups is 1. The Bertz CT molecular complexity index is 339. The zero-order valence-electron chi connectivity index (χ0n) is 12.2. The van der Waals surface area contributed by atoms with E-state index < -0.39 is 30.2 Å². The van der Waals surface area contributed by atoms with Gasteiger partial charge < -0.3 is 15.4 Å². The van der Waals surface area contributed by atoms with Crippen molar-refractivity contribution in [2.45, 2.75) is 45.4 Å². The van der Waals surface area contributed by atoms with Crippen LogP contribution in [0.5, 0.6) is 0 Å². The van der Waals surface area contributed by atoms with Gasteiger partial charge in [0.15, 0.2) is 0 Å². The monoisotopic (exact) mass is 296 g/mol. The predicted molar refractivity (Wildman–Crippen MR) is 69.1 cm³/mol. The van der Waals surface area contributed by atoms with E-state index in [9.17, 15) is 18.0 Å². The van der Waals surface area contributed by atoms with Gasteiger partial charge in [0.2, 0.25) is 0 Å². The first-order chi connectivity index (χ1) is 9.02. The van der Waals surface area contributed by atoms with E-state index in [0.29, 0.717) is 6.42 Å². The molecule has 0 aromatic heterocycles. The minimum Gasteiger partial charge on any atom is -0.444 e. The SMILES string of the molecule is CC(C)(C)OC(=O)N1CCC(CC(F)(F)F)C(CN)C1. The molecule has 0 saturated carbocycles. The molecule has 2 unspecified atom stereocenters. The number of piperidine rings is 1. The van der Waals surface area contributed by atoms with Gasteiger partial charge in [-0.15, -0.1) is 0 Å². The highest BCUT2D eigenvalue weighted by atomic mass is 19.4. The van der Waals surface area contributed by atoms with Crippen molar-refractivity contribution in [1.29, 1.82) is 0 Å². The minimum atomic E-state index is -4.19. The summed E-state index contributed by atoms with van der Waals surface area (Å²) in [5, 5.41) is 0. The summed E-state index contributed by atoms with van der Waals surface area (Å²) in [6.45, 7) is 5.91. The first kappa shape index (κ1) is 17.1. The largest absolute Gasteiger partial charge is 0.444 e. The standard InChI is InChI=1S/C13H23F3N2O2/c1-12(2,3)20-11(19)18-5-4-9(6-13(14,15)16)10(7-17)8-18/h9-10H,4-8,17H2,1-3H3. The average Bonchev–Trinajstić information content (AvgIpc) is 2.25. The lowest BCUT2D eigenvalue weighted by molar-refractivity contribution is -0.151. The lowest BCUT2D eigenvalue weighted by Crippen LogP contribution is -2.48. The van der Waals surface area contributed by atoms with E-state index in [2.05, 4.69) is 0 Å². The quantitative estimate of drug-likeness (QED) is 0.852. The number of amides is 1. The number of rotatable bonds is 2. The van der Waals surface area contributed by atoms with Crippen LogP contribution in [0.25, 0.3) is 0 Å². The molecule has 2 atom stereocenters. The van der Waals surface area contributed by atoms with Crippen LogP contribution in [0.15, 0.2) is 0 Å². The Morgan fingerprint density at radius 1 is 1.30 bits per heavy atom. The fraction of sp³-hybridized carbons (Fsp3) is 0.923. The Balaban J connectivity index is 2.61. The molecular formula is C13H23F3N2O2. The second-order valence-electron chi connectivity index (χ2n) is 6.29. The summed E-state index contributed by atoms with van der Waals surface area (Å²) in [6, 6.07) is 0. The summed E-state index contributed by atoms with van der Waals surface area (Å²) in [7, 11) is 0. The summed E-state index contributed by atoms with van der Waals surface area (Å²) < 4.78 is 42.7. The van der Waals surface area contributed by atoms with Crippen molar-refractivity contribution in [1.82, 2.24) is 4.90 Å². The van der Waals surface area contributed by atoms with E-state index in [1.807, 2.05) is 0 Å². The maximum Gasteiger partial charge on any atom is 0.410 e. The summed E-state index contributed by atoms with van der Waals surface area (Å²) in [5.41, 5.74) is 4.94. The van der Waals surface area contributed by atoms with E-state index in [1.165, 1.54) is 4.90 Å². The Morgan fingerprint density at radius 3 is 2.35 bits per heavy atom. The van der Waals surface area contributed by atoms with Crippen molar-refractivity contribution in [3.63, 3.8) is 0 Å². The molecule has 1 saturated heterocycles. The van der Waals surface area contributed by atoms with Gasteiger partial charge in [0.1, 0.15) is 5.60 Å². The van der Waals surface area contributed by atoms with Crippen LogP contribution in [0.2, 0.25) is 0 Å². The fourth-order valence-electron chi connectivity index (χ4n) is 2.41.